The molecule has 0 aliphatic carbocycles. The molecule has 1 atom stereocenters. The van der Waals surface area contributed by atoms with Gasteiger partial charge >= 0.3 is 0 Å². The van der Waals surface area contributed by atoms with Gasteiger partial charge in [-0.1, -0.05) is 53.7 Å². The average Bonchev–Trinajstić information content (AvgIpc) is 2.32. The smallest absolute Gasteiger partial charge is 0.272 e. The summed E-state index contributed by atoms with van der Waals surface area (Å²) in [5, 5.41) is 9.63. The van der Waals surface area contributed by atoms with Crippen molar-refractivity contribution in [2.45, 2.75) is 64.0 Å². The molecule has 0 aliphatic heterocycles. The number of phenols is 1. The molecular weight excluding hydrogens is 332 g/mol. The number of benzene rings is 1. The van der Waals surface area contributed by atoms with Crippen molar-refractivity contribution in [1.29, 1.82) is 0 Å². The Morgan fingerprint density at radius 1 is 1.04 bits per heavy atom. The molecule has 1 aromatic rings. The average molecular weight is 361 g/mol. The van der Waals surface area contributed by atoms with E-state index < -0.39 is 15.4 Å². The van der Waals surface area contributed by atoms with Crippen LogP contribution >= 0.6 is 12.6 Å². The standard InChI is InChI=1S/C17H28O4S2/c1-16(2,3)12-9-11(14(7-8-22)23(19,20)21)10-13(15(12)18)17(4,5)6/h9-10,14,18,22H,7-8H2,1-6H3,(H,19,20,21). The van der Waals surface area contributed by atoms with Crippen LogP contribution in [0.25, 0.3) is 0 Å². The Morgan fingerprint density at radius 3 is 1.70 bits per heavy atom. The van der Waals surface area contributed by atoms with Crippen molar-refractivity contribution in [2.24, 2.45) is 0 Å². The first-order valence-electron chi connectivity index (χ1n) is 7.64. The molecule has 6 heteroatoms. The van der Waals surface area contributed by atoms with Crippen molar-refractivity contribution in [2.75, 3.05) is 5.75 Å². The molecule has 0 radical (unpaired) electrons. The van der Waals surface area contributed by atoms with Crippen LogP contribution in [-0.2, 0) is 20.9 Å². The van der Waals surface area contributed by atoms with E-state index in [1.54, 1.807) is 12.1 Å². The number of thiol groups is 1. The van der Waals surface area contributed by atoms with Crippen molar-refractivity contribution in [1.82, 2.24) is 0 Å². The Balaban J connectivity index is 3.74. The lowest BCUT2D eigenvalue weighted by Crippen LogP contribution is -2.20. The molecule has 0 heterocycles. The van der Waals surface area contributed by atoms with Crippen LogP contribution in [0.3, 0.4) is 0 Å². The van der Waals surface area contributed by atoms with Crippen molar-refractivity contribution in [3.8, 4) is 5.75 Å². The monoisotopic (exact) mass is 360 g/mol. The SMILES string of the molecule is CC(C)(C)c1cc(C(CCS)S(=O)(=O)O)cc(C(C)(C)C)c1O. The maximum atomic E-state index is 11.8. The first-order chi connectivity index (χ1) is 10.2. The van der Waals surface area contributed by atoms with E-state index >= 15 is 0 Å². The Morgan fingerprint density at radius 2 is 1.43 bits per heavy atom. The van der Waals surface area contributed by atoms with Gasteiger partial charge in [0.1, 0.15) is 11.0 Å². The summed E-state index contributed by atoms with van der Waals surface area (Å²) in [6, 6.07) is 3.37. The van der Waals surface area contributed by atoms with Crippen LogP contribution in [0.5, 0.6) is 5.75 Å². The minimum atomic E-state index is -4.25. The zero-order chi connectivity index (χ0) is 18.2. The van der Waals surface area contributed by atoms with Gasteiger partial charge in [-0.05, 0) is 39.7 Å². The van der Waals surface area contributed by atoms with E-state index in [1.165, 1.54) is 0 Å². The molecule has 0 saturated heterocycles. The molecular formula is C17H28O4S2. The third-order valence-corrected chi connectivity index (χ3v) is 5.36. The molecule has 0 spiro atoms. The molecule has 4 nitrogen and oxygen atoms in total. The van der Waals surface area contributed by atoms with Crippen LogP contribution in [0, 0.1) is 0 Å². The van der Waals surface area contributed by atoms with Crippen LogP contribution < -0.4 is 0 Å². The molecule has 0 bridgehead atoms. The maximum Gasteiger partial charge on any atom is 0.272 e. The lowest BCUT2D eigenvalue weighted by atomic mass is 9.78. The van der Waals surface area contributed by atoms with Gasteiger partial charge in [-0.2, -0.15) is 21.0 Å². The molecule has 1 unspecified atom stereocenters. The fraction of sp³-hybridized carbons (Fsp3) is 0.647. The van der Waals surface area contributed by atoms with E-state index in [0.29, 0.717) is 22.4 Å². The summed E-state index contributed by atoms with van der Waals surface area (Å²) in [5.41, 5.74) is 1.13. The Kier molecular flexibility index (Phi) is 5.88. The highest BCUT2D eigenvalue weighted by Gasteiger charge is 2.31. The predicted molar refractivity (Wildman–Crippen MR) is 98.3 cm³/mol. The minimum absolute atomic E-state index is 0.189. The molecule has 0 aliphatic rings. The van der Waals surface area contributed by atoms with Crippen LogP contribution in [0.15, 0.2) is 12.1 Å². The van der Waals surface area contributed by atoms with Crippen molar-refractivity contribution < 1.29 is 18.1 Å². The molecule has 0 amide bonds. The lowest BCUT2D eigenvalue weighted by molar-refractivity contribution is 0.421. The predicted octanol–water partition coefficient (Wildman–Crippen LogP) is 4.24. The maximum absolute atomic E-state index is 11.8. The van der Waals surface area contributed by atoms with E-state index in [-0.39, 0.29) is 23.0 Å². The summed E-state index contributed by atoms with van der Waals surface area (Å²) in [7, 11) is -4.25. The third-order valence-electron chi connectivity index (χ3n) is 3.87. The first kappa shape index (κ1) is 20.3. The highest BCUT2D eigenvalue weighted by molar-refractivity contribution is 7.86. The number of phenolic OH excluding ortho intramolecular Hbond substituents is 1. The normalized spacial score (nSPS) is 14.8. The highest BCUT2D eigenvalue weighted by atomic mass is 32.2. The largest absolute Gasteiger partial charge is 0.507 e. The van der Waals surface area contributed by atoms with Gasteiger partial charge < -0.3 is 5.11 Å². The quantitative estimate of drug-likeness (QED) is 0.555. The zero-order valence-electron chi connectivity index (χ0n) is 14.7. The van der Waals surface area contributed by atoms with Gasteiger partial charge in [-0.25, -0.2) is 0 Å². The third kappa shape index (κ3) is 4.88. The summed E-state index contributed by atoms with van der Waals surface area (Å²) in [6.07, 6.45) is 0.208. The Hall–Kier alpha value is -0.720. The van der Waals surface area contributed by atoms with E-state index in [4.69, 9.17) is 0 Å². The number of hydrogen-bond donors (Lipinski definition) is 3. The van der Waals surface area contributed by atoms with E-state index in [9.17, 15) is 18.1 Å². The van der Waals surface area contributed by atoms with Crippen molar-refractivity contribution in [3.05, 3.63) is 28.8 Å². The lowest BCUT2D eigenvalue weighted by Gasteiger charge is -2.29. The Bertz CT molecular complexity index is 630. The second-order valence-electron chi connectivity index (χ2n) is 7.98. The molecule has 0 aromatic heterocycles. The molecule has 1 rings (SSSR count). The summed E-state index contributed by atoms with van der Waals surface area (Å²) in [6.45, 7) is 11.7. The molecule has 2 N–H and O–H groups in total. The second-order valence-corrected chi connectivity index (χ2v) is 10.0. The first-order valence-corrected chi connectivity index (χ1v) is 9.78. The Labute approximate surface area is 145 Å². The molecule has 0 saturated carbocycles. The van der Waals surface area contributed by atoms with Crippen LogP contribution in [0.2, 0.25) is 0 Å². The molecule has 0 fully saturated rings. The summed E-state index contributed by atoms with van der Waals surface area (Å²) >= 11 is 4.10. The van der Waals surface area contributed by atoms with Crippen molar-refractivity contribution >= 4 is 22.7 Å². The van der Waals surface area contributed by atoms with Gasteiger partial charge in [0.25, 0.3) is 10.1 Å². The van der Waals surface area contributed by atoms with Gasteiger partial charge in [-0.15, -0.1) is 0 Å². The van der Waals surface area contributed by atoms with Crippen LogP contribution in [0.1, 0.15) is 69.9 Å². The minimum Gasteiger partial charge on any atom is -0.507 e. The van der Waals surface area contributed by atoms with E-state index in [2.05, 4.69) is 12.6 Å². The zero-order valence-corrected chi connectivity index (χ0v) is 16.4. The van der Waals surface area contributed by atoms with E-state index in [0.717, 1.165) is 0 Å². The second kappa shape index (κ2) is 6.65. The van der Waals surface area contributed by atoms with Gasteiger partial charge in [0, 0.05) is 0 Å². The summed E-state index contributed by atoms with van der Waals surface area (Å²) < 4.78 is 33.2. The van der Waals surface area contributed by atoms with Gasteiger partial charge in [0.15, 0.2) is 0 Å². The van der Waals surface area contributed by atoms with E-state index in [1.807, 2.05) is 41.5 Å². The topological polar surface area (TPSA) is 74.6 Å². The number of hydrogen-bond acceptors (Lipinski definition) is 4. The van der Waals surface area contributed by atoms with Crippen LogP contribution in [-0.4, -0.2) is 23.8 Å². The number of aromatic hydroxyl groups is 1. The fourth-order valence-corrected chi connectivity index (χ4v) is 3.92. The van der Waals surface area contributed by atoms with Gasteiger partial charge in [0.2, 0.25) is 0 Å². The molecule has 1 aromatic carbocycles. The summed E-state index contributed by atoms with van der Waals surface area (Å²) in [5.74, 6) is 0.523. The fourth-order valence-electron chi connectivity index (χ4n) is 2.59. The van der Waals surface area contributed by atoms with Crippen LogP contribution in [0.4, 0.5) is 0 Å². The summed E-state index contributed by atoms with van der Waals surface area (Å²) in [4.78, 5) is 0. The molecule has 23 heavy (non-hydrogen) atoms. The molecule has 132 valence electrons. The highest BCUT2D eigenvalue weighted by Crippen LogP contribution is 2.42. The van der Waals surface area contributed by atoms with Gasteiger partial charge in [-0.3, -0.25) is 4.55 Å². The van der Waals surface area contributed by atoms with Gasteiger partial charge in [0.05, 0.1) is 0 Å². The van der Waals surface area contributed by atoms with Crippen molar-refractivity contribution in [3.63, 3.8) is 0 Å². The number of rotatable bonds is 4.